The minimum absolute atomic E-state index is 0.648. The summed E-state index contributed by atoms with van der Waals surface area (Å²) in [6, 6.07) is 0. The van der Waals surface area contributed by atoms with Crippen molar-refractivity contribution in [2.75, 3.05) is 13.1 Å². The van der Waals surface area contributed by atoms with Crippen LogP contribution in [0.2, 0.25) is 0 Å². The minimum Gasteiger partial charge on any atom is -0.316 e. The third-order valence-electron chi connectivity index (χ3n) is 2.67. The first kappa shape index (κ1) is 9.05. The van der Waals surface area contributed by atoms with Crippen LogP contribution in [-0.4, -0.2) is 13.1 Å². The van der Waals surface area contributed by atoms with Gasteiger partial charge in [0.15, 0.2) is 0 Å². The molecular formula is C10H21N. The van der Waals surface area contributed by atoms with Crippen LogP contribution in [0.3, 0.4) is 0 Å². The standard InChI is InChI=1S/C10H21N/c1-9(2)7-11-8-10(3)5-4-6-10/h9,11H,4-8H2,1-3H3. The summed E-state index contributed by atoms with van der Waals surface area (Å²) in [4.78, 5) is 0. The van der Waals surface area contributed by atoms with Gasteiger partial charge < -0.3 is 5.32 Å². The van der Waals surface area contributed by atoms with Crippen LogP contribution in [0.25, 0.3) is 0 Å². The van der Waals surface area contributed by atoms with Crippen molar-refractivity contribution in [3.63, 3.8) is 0 Å². The molecule has 0 spiro atoms. The molecule has 1 heteroatoms. The summed E-state index contributed by atoms with van der Waals surface area (Å²) in [5.74, 6) is 0.790. The zero-order valence-electron chi connectivity index (χ0n) is 8.11. The van der Waals surface area contributed by atoms with Crippen molar-refractivity contribution in [1.82, 2.24) is 5.32 Å². The SMILES string of the molecule is CC(C)CNCC1(C)CCC1. The van der Waals surface area contributed by atoms with E-state index in [0.717, 1.165) is 5.92 Å². The van der Waals surface area contributed by atoms with Crippen molar-refractivity contribution < 1.29 is 0 Å². The molecule has 0 radical (unpaired) electrons. The largest absolute Gasteiger partial charge is 0.316 e. The van der Waals surface area contributed by atoms with Gasteiger partial charge in [0.2, 0.25) is 0 Å². The molecular weight excluding hydrogens is 134 g/mol. The Morgan fingerprint density at radius 1 is 1.36 bits per heavy atom. The van der Waals surface area contributed by atoms with Crippen LogP contribution in [0.1, 0.15) is 40.0 Å². The summed E-state index contributed by atoms with van der Waals surface area (Å²) in [6.45, 7) is 9.32. The van der Waals surface area contributed by atoms with Gasteiger partial charge in [0.25, 0.3) is 0 Å². The fourth-order valence-electron chi connectivity index (χ4n) is 1.62. The van der Waals surface area contributed by atoms with E-state index in [1.807, 2.05) is 0 Å². The van der Waals surface area contributed by atoms with Gasteiger partial charge in [0.05, 0.1) is 0 Å². The Bertz CT molecular complexity index is 114. The van der Waals surface area contributed by atoms with Gasteiger partial charge in [-0.1, -0.05) is 27.2 Å². The van der Waals surface area contributed by atoms with Gasteiger partial charge >= 0.3 is 0 Å². The lowest BCUT2D eigenvalue weighted by Gasteiger charge is -2.38. The minimum atomic E-state index is 0.648. The van der Waals surface area contributed by atoms with Crippen LogP contribution in [0.15, 0.2) is 0 Å². The Balaban J connectivity index is 2.02. The molecule has 1 rings (SSSR count). The molecule has 1 aliphatic rings. The predicted molar refractivity (Wildman–Crippen MR) is 49.7 cm³/mol. The number of hydrogen-bond donors (Lipinski definition) is 1. The number of hydrogen-bond acceptors (Lipinski definition) is 1. The van der Waals surface area contributed by atoms with Gasteiger partial charge in [0, 0.05) is 6.54 Å². The zero-order valence-corrected chi connectivity index (χ0v) is 8.11. The molecule has 0 aromatic rings. The first-order valence-corrected chi connectivity index (χ1v) is 4.83. The topological polar surface area (TPSA) is 12.0 Å². The van der Waals surface area contributed by atoms with Crippen molar-refractivity contribution in [1.29, 1.82) is 0 Å². The first-order chi connectivity index (χ1) is 5.12. The molecule has 11 heavy (non-hydrogen) atoms. The molecule has 1 N–H and O–H groups in total. The highest BCUT2D eigenvalue weighted by molar-refractivity contribution is 4.85. The highest BCUT2D eigenvalue weighted by Gasteiger charge is 2.30. The maximum Gasteiger partial charge on any atom is 0.000527 e. The lowest BCUT2D eigenvalue weighted by atomic mass is 9.70. The Morgan fingerprint density at radius 3 is 2.36 bits per heavy atom. The summed E-state index contributed by atoms with van der Waals surface area (Å²) in [5, 5.41) is 3.53. The van der Waals surface area contributed by atoms with Crippen LogP contribution in [0, 0.1) is 11.3 Å². The van der Waals surface area contributed by atoms with E-state index in [2.05, 4.69) is 26.1 Å². The van der Waals surface area contributed by atoms with Crippen molar-refractivity contribution in [3.8, 4) is 0 Å². The molecule has 0 aromatic carbocycles. The van der Waals surface area contributed by atoms with Gasteiger partial charge in [-0.15, -0.1) is 0 Å². The molecule has 0 atom stereocenters. The van der Waals surface area contributed by atoms with E-state index in [1.54, 1.807) is 0 Å². The first-order valence-electron chi connectivity index (χ1n) is 4.83. The van der Waals surface area contributed by atoms with E-state index >= 15 is 0 Å². The molecule has 1 fully saturated rings. The molecule has 0 aliphatic heterocycles. The van der Waals surface area contributed by atoms with Crippen LogP contribution < -0.4 is 5.32 Å². The molecule has 0 saturated heterocycles. The van der Waals surface area contributed by atoms with Crippen LogP contribution >= 0.6 is 0 Å². The molecule has 0 unspecified atom stereocenters. The molecule has 1 nitrogen and oxygen atoms in total. The average Bonchev–Trinajstić information content (AvgIpc) is 1.83. The van der Waals surface area contributed by atoms with Crippen LogP contribution in [-0.2, 0) is 0 Å². The van der Waals surface area contributed by atoms with Crippen molar-refractivity contribution in [3.05, 3.63) is 0 Å². The van der Waals surface area contributed by atoms with E-state index in [9.17, 15) is 0 Å². The maximum absolute atomic E-state index is 3.53. The van der Waals surface area contributed by atoms with Crippen molar-refractivity contribution in [2.24, 2.45) is 11.3 Å². The van der Waals surface area contributed by atoms with Gasteiger partial charge in [-0.05, 0) is 30.7 Å². The summed E-state index contributed by atoms with van der Waals surface area (Å²) in [5.41, 5.74) is 0.648. The quantitative estimate of drug-likeness (QED) is 0.657. The molecule has 1 aliphatic carbocycles. The fourth-order valence-corrected chi connectivity index (χ4v) is 1.62. The van der Waals surface area contributed by atoms with Crippen LogP contribution in [0.5, 0.6) is 0 Å². The van der Waals surface area contributed by atoms with E-state index in [1.165, 1.54) is 32.4 Å². The zero-order chi connectivity index (χ0) is 8.32. The second kappa shape index (κ2) is 3.57. The van der Waals surface area contributed by atoms with Crippen molar-refractivity contribution >= 4 is 0 Å². The highest BCUT2D eigenvalue weighted by Crippen LogP contribution is 2.39. The average molecular weight is 155 g/mol. The molecule has 1 saturated carbocycles. The summed E-state index contributed by atoms with van der Waals surface area (Å²) < 4.78 is 0. The number of nitrogens with one attached hydrogen (secondary N) is 1. The third kappa shape index (κ3) is 2.82. The second-order valence-corrected chi connectivity index (χ2v) is 4.69. The van der Waals surface area contributed by atoms with E-state index in [-0.39, 0.29) is 0 Å². The molecule has 0 aromatic heterocycles. The second-order valence-electron chi connectivity index (χ2n) is 4.69. The lowest BCUT2D eigenvalue weighted by Crippen LogP contribution is -2.38. The molecule has 0 heterocycles. The fraction of sp³-hybridized carbons (Fsp3) is 1.00. The van der Waals surface area contributed by atoms with E-state index < -0.39 is 0 Å². The monoisotopic (exact) mass is 155 g/mol. The summed E-state index contributed by atoms with van der Waals surface area (Å²) in [7, 11) is 0. The van der Waals surface area contributed by atoms with Crippen molar-refractivity contribution in [2.45, 2.75) is 40.0 Å². The molecule has 0 bridgehead atoms. The Morgan fingerprint density at radius 2 is 2.00 bits per heavy atom. The molecule has 66 valence electrons. The predicted octanol–water partition coefficient (Wildman–Crippen LogP) is 2.42. The van der Waals surface area contributed by atoms with Gasteiger partial charge in [-0.3, -0.25) is 0 Å². The molecule has 0 amide bonds. The number of rotatable bonds is 4. The van der Waals surface area contributed by atoms with Gasteiger partial charge in [-0.2, -0.15) is 0 Å². The Hall–Kier alpha value is -0.0400. The van der Waals surface area contributed by atoms with Gasteiger partial charge in [0.1, 0.15) is 0 Å². The highest BCUT2D eigenvalue weighted by atomic mass is 14.9. The lowest BCUT2D eigenvalue weighted by molar-refractivity contribution is 0.155. The summed E-state index contributed by atoms with van der Waals surface area (Å²) >= 11 is 0. The maximum atomic E-state index is 3.53. The Labute approximate surface area is 70.6 Å². The smallest absolute Gasteiger partial charge is 0.000527 e. The van der Waals surface area contributed by atoms with E-state index in [0.29, 0.717) is 5.41 Å². The van der Waals surface area contributed by atoms with Crippen LogP contribution in [0.4, 0.5) is 0 Å². The summed E-state index contributed by atoms with van der Waals surface area (Å²) in [6.07, 6.45) is 4.30. The normalized spacial score (nSPS) is 21.8. The van der Waals surface area contributed by atoms with Gasteiger partial charge in [-0.25, -0.2) is 0 Å². The third-order valence-corrected chi connectivity index (χ3v) is 2.67. The van der Waals surface area contributed by atoms with E-state index in [4.69, 9.17) is 0 Å². The Kier molecular flexibility index (Phi) is 2.94.